The van der Waals surface area contributed by atoms with Crippen molar-refractivity contribution in [3.8, 4) is 0 Å². The van der Waals surface area contributed by atoms with E-state index in [2.05, 4.69) is 20.3 Å². The van der Waals surface area contributed by atoms with Gasteiger partial charge in [-0.3, -0.25) is 9.78 Å². The highest BCUT2D eigenvalue weighted by Crippen LogP contribution is 2.34. The summed E-state index contributed by atoms with van der Waals surface area (Å²) in [6.07, 6.45) is 5.70. The third-order valence-electron chi connectivity index (χ3n) is 5.93. The molecule has 0 saturated carbocycles. The third-order valence-corrected chi connectivity index (χ3v) is 7.12. The number of fused-ring (bicyclic) bond motifs is 2. The second-order valence-corrected chi connectivity index (χ2v) is 9.12. The first-order valence-electron chi connectivity index (χ1n) is 10.8. The predicted octanol–water partition coefficient (Wildman–Crippen LogP) is 4.41. The first-order valence-corrected chi connectivity index (χ1v) is 11.6. The number of rotatable bonds is 6. The highest BCUT2D eigenvalue weighted by atomic mass is 32.1. The molecule has 8 heteroatoms. The molecule has 1 aromatic carbocycles. The van der Waals surface area contributed by atoms with Gasteiger partial charge in [-0.15, -0.1) is 11.3 Å². The van der Waals surface area contributed by atoms with Crippen molar-refractivity contribution in [3.63, 3.8) is 0 Å². The topological polar surface area (TPSA) is 80.2 Å². The van der Waals surface area contributed by atoms with Crippen LogP contribution in [0.5, 0.6) is 0 Å². The number of hydrogen-bond donors (Lipinski definition) is 1. The summed E-state index contributed by atoms with van der Waals surface area (Å²) in [5, 5.41) is 5.39. The number of benzene rings is 1. The van der Waals surface area contributed by atoms with Crippen LogP contribution >= 0.6 is 11.3 Å². The molecule has 4 aromatic rings. The van der Waals surface area contributed by atoms with Crippen LogP contribution in [0.1, 0.15) is 33.6 Å². The number of pyridine rings is 1. The van der Waals surface area contributed by atoms with Crippen molar-refractivity contribution >= 4 is 44.2 Å². The normalized spacial score (nSPS) is 16.0. The maximum atomic E-state index is 13.4. The van der Waals surface area contributed by atoms with Gasteiger partial charge in [0.25, 0.3) is 5.91 Å². The number of amides is 1. The summed E-state index contributed by atoms with van der Waals surface area (Å²) in [6, 6.07) is 9.98. The van der Waals surface area contributed by atoms with Crippen LogP contribution in [0.2, 0.25) is 0 Å². The molecule has 0 bridgehead atoms. The summed E-state index contributed by atoms with van der Waals surface area (Å²) in [6.45, 7) is 4.01. The lowest BCUT2D eigenvalue weighted by Crippen LogP contribution is -2.26. The van der Waals surface area contributed by atoms with Gasteiger partial charge < -0.3 is 15.0 Å². The van der Waals surface area contributed by atoms with Crippen LogP contribution in [0.3, 0.4) is 0 Å². The van der Waals surface area contributed by atoms with Gasteiger partial charge in [-0.25, -0.2) is 9.97 Å². The standard InChI is InChI=1S/C24H25N5O2S/c1-15-20-22(26-12-17-7-5-11-31-17)27-14-28-23(20)32-21(15)24(30)29(2)13-16-6-3-9-19-18(16)8-4-10-25-19/h3-4,6,8-10,14,17H,5,7,11-13H2,1-2H3,(H,26,27,28). The van der Waals surface area contributed by atoms with Gasteiger partial charge in [-0.2, -0.15) is 0 Å². The Morgan fingerprint density at radius 3 is 3.00 bits per heavy atom. The molecule has 1 unspecified atom stereocenters. The fourth-order valence-electron chi connectivity index (χ4n) is 4.23. The van der Waals surface area contributed by atoms with Gasteiger partial charge in [-0.05, 0) is 43.0 Å². The lowest BCUT2D eigenvalue weighted by Gasteiger charge is -2.18. The molecule has 1 fully saturated rings. The number of hydrogen-bond acceptors (Lipinski definition) is 7. The van der Waals surface area contributed by atoms with E-state index in [1.807, 2.05) is 44.3 Å². The van der Waals surface area contributed by atoms with Crippen molar-refractivity contribution in [1.82, 2.24) is 19.9 Å². The Morgan fingerprint density at radius 1 is 1.25 bits per heavy atom. The number of carbonyl (C=O) groups is 1. The Hall–Kier alpha value is -3.10. The van der Waals surface area contributed by atoms with Gasteiger partial charge in [0.2, 0.25) is 0 Å². The first-order chi connectivity index (χ1) is 15.6. The van der Waals surface area contributed by atoms with Gasteiger partial charge in [0.1, 0.15) is 17.0 Å². The average Bonchev–Trinajstić information content (AvgIpc) is 3.45. The molecule has 1 N–H and O–H groups in total. The van der Waals surface area contributed by atoms with Crippen LogP contribution in [-0.2, 0) is 11.3 Å². The molecule has 0 radical (unpaired) electrons. The molecule has 164 valence electrons. The molecule has 0 aliphatic carbocycles. The van der Waals surface area contributed by atoms with E-state index >= 15 is 0 Å². The zero-order valence-electron chi connectivity index (χ0n) is 18.2. The Balaban J connectivity index is 1.40. The first kappa shape index (κ1) is 20.8. The molecule has 1 atom stereocenters. The van der Waals surface area contributed by atoms with Crippen LogP contribution in [0, 0.1) is 6.92 Å². The molecule has 1 amide bonds. The number of thiophene rings is 1. The second kappa shape index (κ2) is 8.80. The molecular weight excluding hydrogens is 422 g/mol. The van der Waals surface area contributed by atoms with Gasteiger partial charge >= 0.3 is 0 Å². The highest BCUT2D eigenvalue weighted by Gasteiger charge is 2.23. The lowest BCUT2D eigenvalue weighted by molar-refractivity contribution is 0.0790. The Morgan fingerprint density at radius 2 is 2.16 bits per heavy atom. The molecule has 1 aliphatic heterocycles. The fraction of sp³-hybridized carbons (Fsp3) is 0.333. The average molecular weight is 448 g/mol. The lowest BCUT2D eigenvalue weighted by atomic mass is 10.1. The minimum absolute atomic E-state index is 0.0172. The molecule has 3 aromatic heterocycles. The second-order valence-electron chi connectivity index (χ2n) is 8.12. The number of carbonyl (C=O) groups excluding carboxylic acids is 1. The minimum Gasteiger partial charge on any atom is -0.376 e. The van der Waals surface area contributed by atoms with Crippen molar-refractivity contribution in [3.05, 3.63) is 58.9 Å². The maximum Gasteiger partial charge on any atom is 0.264 e. The van der Waals surface area contributed by atoms with Gasteiger partial charge in [0.05, 0.1) is 21.9 Å². The fourth-order valence-corrected chi connectivity index (χ4v) is 5.37. The Bertz CT molecular complexity index is 1280. The quantitative estimate of drug-likeness (QED) is 0.472. The van der Waals surface area contributed by atoms with Crippen molar-refractivity contribution < 1.29 is 9.53 Å². The number of aryl methyl sites for hydroxylation is 1. The van der Waals surface area contributed by atoms with Crippen molar-refractivity contribution in [2.75, 3.05) is 25.5 Å². The smallest absolute Gasteiger partial charge is 0.264 e. The van der Waals surface area contributed by atoms with E-state index in [4.69, 9.17) is 4.74 Å². The number of nitrogens with zero attached hydrogens (tertiary/aromatic N) is 4. The van der Waals surface area contributed by atoms with Gasteiger partial charge in [-0.1, -0.05) is 18.2 Å². The number of anilines is 1. The van der Waals surface area contributed by atoms with E-state index in [1.54, 1.807) is 17.4 Å². The molecule has 7 nitrogen and oxygen atoms in total. The zero-order chi connectivity index (χ0) is 22.1. The largest absolute Gasteiger partial charge is 0.376 e. The van der Waals surface area contributed by atoms with Crippen LogP contribution in [0.15, 0.2) is 42.9 Å². The predicted molar refractivity (Wildman–Crippen MR) is 127 cm³/mol. The molecule has 32 heavy (non-hydrogen) atoms. The number of ether oxygens (including phenoxy) is 1. The van der Waals surface area contributed by atoms with E-state index in [0.717, 1.165) is 57.5 Å². The van der Waals surface area contributed by atoms with Crippen molar-refractivity contribution in [1.29, 1.82) is 0 Å². The summed E-state index contributed by atoms with van der Waals surface area (Å²) in [7, 11) is 1.84. The Kier molecular flexibility index (Phi) is 5.71. The third kappa shape index (κ3) is 3.91. The molecular formula is C24H25N5O2S. The van der Waals surface area contributed by atoms with Crippen LogP contribution < -0.4 is 5.32 Å². The summed E-state index contributed by atoms with van der Waals surface area (Å²) in [5.41, 5.74) is 2.92. The van der Waals surface area contributed by atoms with Crippen molar-refractivity contribution in [2.24, 2.45) is 0 Å². The number of aromatic nitrogens is 3. The highest BCUT2D eigenvalue weighted by molar-refractivity contribution is 7.20. The molecule has 1 saturated heterocycles. The molecule has 5 rings (SSSR count). The minimum atomic E-state index is -0.0172. The van der Waals surface area contributed by atoms with Crippen LogP contribution in [-0.4, -0.2) is 52.1 Å². The summed E-state index contributed by atoms with van der Waals surface area (Å²) in [5.74, 6) is 0.748. The van der Waals surface area contributed by atoms with Crippen molar-refractivity contribution in [2.45, 2.75) is 32.4 Å². The van der Waals surface area contributed by atoms with Crippen LogP contribution in [0.25, 0.3) is 21.1 Å². The van der Waals surface area contributed by atoms with E-state index in [1.165, 1.54) is 11.3 Å². The molecule has 1 aliphatic rings. The van der Waals surface area contributed by atoms with E-state index in [0.29, 0.717) is 18.0 Å². The molecule has 4 heterocycles. The van der Waals surface area contributed by atoms with E-state index in [9.17, 15) is 4.79 Å². The summed E-state index contributed by atoms with van der Waals surface area (Å²) < 4.78 is 5.71. The SMILES string of the molecule is Cc1c(C(=O)N(C)Cc2cccc3ncccc23)sc2ncnc(NCC3CCCO3)c12. The summed E-state index contributed by atoms with van der Waals surface area (Å²) in [4.78, 5) is 29.9. The monoisotopic (exact) mass is 447 g/mol. The maximum absolute atomic E-state index is 13.4. The van der Waals surface area contributed by atoms with Crippen LogP contribution in [0.4, 0.5) is 5.82 Å². The number of nitrogens with one attached hydrogen (secondary N) is 1. The van der Waals surface area contributed by atoms with Gasteiger partial charge in [0, 0.05) is 38.3 Å². The zero-order valence-corrected chi connectivity index (χ0v) is 19.0. The molecule has 0 spiro atoms. The Labute approximate surface area is 190 Å². The van der Waals surface area contributed by atoms with E-state index < -0.39 is 0 Å². The summed E-state index contributed by atoms with van der Waals surface area (Å²) >= 11 is 1.42. The van der Waals surface area contributed by atoms with Gasteiger partial charge in [0.15, 0.2) is 0 Å². The van der Waals surface area contributed by atoms with E-state index in [-0.39, 0.29) is 12.0 Å².